The van der Waals surface area contributed by atoms with E-state index in [4.69, 9.17) is 4.74 Å². The van der Waals surface area contributed by atoms with Crippen LogP contribution >= 0.6 is 0 Å². The Bertz CT molecular complexity index is 485. The Morgan fingerprint density at radius 2 is 2.00 bits per heavy atom. The molecule has 0 saturated carbocycles. The third kappa shape index (κ3) is 3.30. The van der Waals surface area contributed by atoms with Gasteiger partial charge in [0.05, 0.1) is 11.5 Å². The van der Waals surface area contributed by atoms with E-state index in [-0.39, 0.29) is 11.5 Å². The zero-order valence-electron chi connectivity index (χ0n) is 11.8. The Morgan fingerprint density at radius 1 is 1.35 bits per heavy atom. The van der Waals surface area contributed by atoms with E-state index in [1.54, 1.807) is 4.90 Å². The molecule has 0 aliphatic carbocycles. The molecule has 1 amide bonds. The van der Waals surface area contributed by atoms with Crippen LogP contribution in [0.4, 0.5) is 4.79 Å². The molecule has 0 N–H and O–H groups in total. The van der Waals surface area contributed by atoms with Crippen molar-refractivity contribution in [2.45, 2.75) is 32.8 Å². The van der Waals surface area contributed by atoms with Crippen LogP contribution in [0.2, 0.25) is 0 Å². The van der Waals surface area contributed by atoms with E-state index in [2.05, 4.69) is 6.07 Å². The monoisotopic (exact) mass is 272 g/mol. The van der Waals surface area contributed by atoms with Crippen molar-refractivity contribution in [3.8, 4) is 6.07 Å². The second kappa shape index (κ2) is 6.42. The maximum atomic E-state index is 12.0. The van der Waals surface area contributed by atoms with Gasteiger partial charge in [-0.25, -0.2) is 4.79 Å². The van der Waals surface area contributed by atoms with Gasteiger partial charge >= 0.3 is 6.09 Å². The zero-order chi connectivity index (χ0) is 14.4. The maximum Gasteiger partial charge on any atom is 0.410 e. The molecule has 0 unspecified atom stereocenters. The van der Waals surface area contributed by atoms with Crippen LogP contribution in [-0.4, -0.2) is 24.1 Å². The molecule has 2 rings (SSSR count). The third-order valence-corrected chi connectivity index (χ3v) is 4.10. The van der Waals surface area contributed by atoms with E-state index in [9.17, 15) is 10.1 Å². The molecule has 0 radical (unpaired) electrons. The normalized spacial score (nSPS) is 17.3. The summed E-state index contributed by atoms with van der Waals surface area (Å²) in [5.74, 6) is 0. The molecule has 4 nitrogen and oxygen atoms in total. The predicted octanol–water partition coefficient (Wildman–Crippen LogP) is 3.34. The second-order valence-corrected chi connectivity index (χ2v) is 5.27. The summed E-state index contributed by atoms with van der Waals surface area (Å²) in [6.45, 7) is 3.55. The smallest absolute Gasteiger partial charge is 0.410 e. The van der Waals surface area contributed by atoms with E-state index in [0.29, 0.717) is 19.7 Å². The van der Waals surface area contributed by atoms with Crippen molar-refractivity contribution in [2.75, 3.05) is 13.1 Å². The summed E-state index contributed by atoms with van der Waals surface area (Å²) in [6, 6.07) is 12.0. The average Bonchev–Trinajstić information content (AvgIpc) is 2.53. The molecule has 1 saturated heterocycles. The van der Waals surface area contributed by atoms with E-state index >= 15 is 0 Å². The Labute approximate surface area is 120 Å². The number of rotatable bonds is 3. The van der Waals surface area contributed by atoms with Gasteiger partial charge in [-0.2, -0.15) is 5.26 Å². The standard InChI is InChI=1S/C16H20N2O2/c1-2-16(13-17)8-10-18(11-9-16)15(19)20-12-14-6-4-3-5-7-14/h3-7H,2,8-12H2,1H3. The maximum absolute atomic E-state index is 12.0. The van der Waals surface area contributed by atoms with Gasteiger partial charge in [0.2, 0.25) is 0 Å². The van der Waals surface area contributed by atoms with Gasteiger partial charge in [-0.3, -0.25) is 0 Å². The van der Waals surface area contributed by atoms with Crippen LogP contribution in [0, 0.1) is 16.7 Å². The van der Waals surface area contributed by atoms with E-state index in [0.717, 1.165) is 24.8 Å². The summed E-state index contributed by atoms with van der Waals surface area (Å²) in [5, 5.41) is 9.23. The van der Waals surface area contributed by atoms with Crippen LogP contribution in [0.5, 0.6) is 0 Å². The second-order valence-electron chi connectivity index (χ2n) is 5.27. The highest BCUT2D eigenvalue weighted by atomic mass is 16.6. The number of piperidine rings is 1. The molecule has 20 heavy (non-hydrogen) atoms. The molecule has 0 spiro atoms. The lowest BCUT2D eigenvalue weighted by Gasteiger charge is -2.36. The molecule has 0 bridgehead atoms. The Morgan fingerprint density at radius 3 is 2.55 bits per heavy atom. The number of carbonyl (C=O) groups is 1. The number of nitriles is 1. The van der Waals surface area contributed by atoms with Crippen LogP contribution in [0.15, 0.2) is 30.3 Å². The molecule has 1 aliphatic rings. The van der Waals surface area contributed by atoms with Crippen molar-refractivity contribution in [3.63, 3.8) is 0 Å². The molecule has 1 aliphatic heterocycles. The highest BCUT2D eigenvalue weighted by Gasteiger charge is 2.34. The van der Waals surface area contributed by atoms with Crippen molar-refractivity contribution in [3.05, 3.63) is 35.9 Å². The first-order valence-corrected chi connectivity index (χ1v) is 7.06. The Hall–Kier alpha value is -2.02. The van der Waals surface area contributed by atoms with Gasteiger partial charge in [-0.15, -0.1) is 0 Å². The van der Waals surface area contributed by atoms with Crippen LogP contribution < -0.4 is 0 Å². The quantitative estimate of drug-likeness (QED) is 0.848. The number of likely N-dealkylation sites (tertiary alicyclic amines) is 1. The van der Waals surface area contributed by atoms with Gasteiger partial charge in [0, 0.05) is 13.1 Å². The van der Waals surface area contributed by atoms with Gasteiger partial charge in [-0.05, 0) is 24.8 Å². The minimum absolute atomic E-state index is 0.254. The van der Waals surface area contributed by atoms with E-state index in [1.807, 2.05) is 37.3 Å². The number of nitrogens with zero attached hydrogens (tertiary/aromatic N) is 2. The molecule has 1 heterocycles. The van der Waals surface area contributed by atoms with Crippen LogP contribution in [0.25, 0.3) is 0 Å². The lowest BCUT2D eigenvalue weighted by molar-refractivity contribution is 0.0729. The molecule has 1 aromatic carbocycles. The van der Waals surface area contributed by atoms with Crippen LogP contribution in [-0.2, 0) is 11.3 Å². The number of amides is 1. The molecular weight excluding hydrogens is 252 g/mol. The lowest BCUT2D eigenvalue weighted by atomic mass is 9.78. The highest BCUT2D eigenvalue weighted by Crippen LogP contribution is 2.34. The Kier molecular flexibility index (Phi) is 4.62. The minimum Gasteiger partial charge on any atom is -0.445 e. The van der Waals surface area contributed by atoms with Gasteiger partial charge < -0.3 is 9.64 Å². The molecule has 106 valence electrons. The van der Waals surface area contributed by atoms with Gasteiger partial charge in [0.15, 0.2) is 0 Å². The minimum atomic E-state index is -0.281. The average molecular weight is 272 g/mol. The van der Waals surface area contributed by atoms with Gasteiger partial charge in [-0.1, -0.05) is 37.3 Å². The molecule has 4 heteroatoms. The zero-order valence-corrected chi connectivity index (χ0v) is 11.8. The number of hydrogen-bond donors (Lipinski definition) is 0. The number of hydrogen-bond acceptors (Lipinski definition) is 3. The summed E-state index contributed by atoms with van der Waals surface area (Å²) in [7, 11) is 0. The fourth-order valence-electron chi connectivity index (χ4n) is 2.47. The Balaban J connectivity index is 1.82. The molecular formula is C16H20N2O2. The fraction of sp³-hybridized carbons (Fsp3) is 0.500. The van der Waals surface area contributed by atoms with Crippen LogP contribution in [0.3, 0.4) is 0 Å². The van der Waals surface area contributed by atoms with Gasteiger partial charge in [0.1, 0.15) is 6.61 Å². The van der Waals surface area contributed by atoms with E-state index in [1.165, 1.54) is 0 Å². The molecule has 0 aromatic heterocycles. The van der Waals surface area contributed by atoms with Crippen molar-refractivity contribution < 1.29 is 9.53 Å². The largest absolute Gasteiger partial charge is 0.445 e. The predicted molar refractivity (Wildman–Crippen MR) is 75.8 cm³/mol. The van der Waals surface area contributed by atoms with Crippen molar-refractivity contribution in [1.29, 1.82) is 5.26 Å². The van der Waals surface area contributed by atoms with Crippen molar-refractivity contribution in [1.82, 2.24) is 4.90 Å². The van der Waals surface area contributed by atoms with Crippen molar-refractivity contribution in [2.24, 2.45) is 5.41 Å². The fourth-order valence-corrected chi connectivity index (χ4v) is 2.47. The first-order valence-electron chi connectivity index (χ1n) is 7.06. The SMILES string of the molecule is CCC1(C#N)CCN(C(=O)OCc2ccccc2)CC1. The first-order chi connectivity index (χ1) is 9.69. The molecule has 1 fully saturated rings. The third-order valence-electron chi connectivity index (χ3n) is 4.10. The van der Waals surface area contributed by atoms with Crippen molar-refractivity contribution >= 4 is 6.09 Å². The summed E-state index contributed by atoms with van der Waals surface area (Å²) in [5.41, 5.74) is 0.730. The number of benzene rings is 1. The number of ether oxygens (including phenoxy) is 1. The summed E-state index contributed by atoms with van der Waals surface area (Å²) in [6.07, 6.45) is 2.04. The number of carbonyl (C=O) groups excluding carboxylic acids is 1. The topological polar surface area (TPSA) is 53.3 Å². The summed E-state index contributed by atoms with van der Waals surface area (Å²) < 4.78 is 5.31. The van der Waals surface area contributed by atoms with Gasteiger partial charge in [0.25, 0.3) is 0 Å². The lowest BCUT2D eigenvalue weighted by Crippen LogP contribution is -2.42. The molecule has 0 atom stereocenters. The summed E-state index contributed by atoms with van der Waals surface area (Å²) in [4.78, 5) is 13.7. The first kappa shape index (κ1) is 14.4. The molecule has 1 aromatic rings. The van der Waals surface area contributed by atoms with Crippen LogP contribution in [0.1, 0.15) is 31.7 Å². The highest BCUT2D eigenvalue weighted by molar-refractivity contribution is 5.67. The van der Waals surface area contributed by atoms with E-state index < -0.39 is 0 Å². The summed E-state index contributed by atoms with van der Waals surface area (Å²) >= 11 is 0.